The number of nitrogens with zero attached hydrogens (tertiary/aromatic N) is 1. The molecule has 0 fully saturated rings. The Bertz CT molecular complexity index is 498. The van der Waals surface area contributed by atoms with Crippen molar-refractivity contribution in [3.8, 4) is 0 Å². The van der Waals surface area contributed by atoms with Crippen molar-refractivity contribution in [1.82, 2.24) is 5.32 Å². The maximum atomic E-state index is 4.36. The van der Waals surface area contributed by atoms with Gasteiger partial charge >= 0.3 is 0 Å². The summed E-state index contributed by atoms with van der Waals surface area (Å²) in [5.74, 6) is 0. The van der Waals surface area contributed by atoms with Crippen molar-refractivity contribution in [3.05, 3.63) is 64.9 Å². The fraction of sp³-hybridized carbons (Fsp3) is 0.133. The Morgan fingerprint density at radius 1 is 1.28 bits per heavy atom. The van der Waals surface area contributed by atoms with Crippen molar-refractivity contribution in [2.75, 3.05) is 0 Å². The summed E-state index contributed by atoms with van der Waals surface area (Å²) in [5.41, 5.74) is 2.17. The second-order valence-electron chi connectivity index (χ2n) is 3.93. The Balaban J connectivity index is 1.91. The molecule has 0 amide bonds. The van der Waals surface area contributed by atoms with Gasteiger partial charge in [-0.1, -0.05) is 30.4 Å². The first-order valence-electron chi connectivity index (χ1n) is 5.91. The van der Waals surface area contributed by atoms with Gasteiger partial charge in [0.05, 0.1) is 10.2 Å². The Morgan fingerprint density at radius 3 is 2.83 bits per heavy atom. The molecule has 0 aromatic heterocycles. The third kappa shape index (κ3) is 4.34. The number of benzene rings is 1. The van der Waals surface area contributed by atoms with Gasteiger partial charge in [0, 0.05) is 18.1 Å². The van der Waals surface area contributed by atoms with Gasteiger partial charge in [-0.05, 0) is 47.0 Å². The third-order valence-corrected chi connectivity index (χ3v) is 2.94. The van der Waals surface area contributed by atoms with Gasteiger partial charge in [-0.25, -0.2) is 0 Å². The highest BCUT2D eigenvalue weighted by Crippen LogP contribution is 2.12. The lowest BCUT2D eigenvalue weighted by atomic mass is 10.1. The van der Waals surface area contributed by atoms with Gasteiger partial charge in [0.25, 0.3) is 0 Å². The quantitative estimate of drug-likeness (QED) is 0.817. The number of allylic oxidation sites excluding steroid dienone is 5. The van der Waals surface area contributed by atoms with Crippen LogP contribution in [-0.2, 0) is 0 Å². The average molecular weight is 303 g/mol. The van der Waals surface area contributed by atoms with Gasteiger partial charge in [0.2, 0.25) is 0 Å². The second kappa shape index (κ2) is 6.97. The fourth-order valence-electron chi connectivity index (χ4n) is 1.57. The van der Waals surface area contributed by atoms with E-state index in [0.29, 0.717) is 0 Å². The van der Waals surface area contributed by atoms with E-state index in [1.165, 1.54) is 5.70 Å². The molecule has 1 aliphatic carbocycles. The molecule has 2 nitrogen and oxygen atoms in total. The van der Waals surface area contributed by atoms with Gasteiger partial charge < -0.3 is 5.32 Å². The molecular formula is C15H15BrN2. The van der Waals surface area contributed by atoms with Crippen LogP contribution in [0.25, 0.3) is 0 Å². The van der Waals surface area contributed by atoms with Gasteiger partial charge in [0.1, 0.15) is 0 Å². The summed E-state index contributed by atoms with van der Waals surface area (Å²) in [6, 6.07) is 9.87. The average Bonchev–Trinajstić information content (AvgIpc) is 2.45. The molecule has 1 aromatic carbocycles. The van der Waals surface area contributed by atoms with Crippen molar-refractivity contribution in [2.24, 2.45) is 4.99 Å². The molecule has 0 radical (unpaired) electrons. The minimum absolute atomic E-state index is 0.918. The van der Waals surface area contributed by atoms with Crippen molar-refractivity contribution < 1.29 is 0 Å². The van der Waals surface area contributed by atoms with E-state index in [0.717, 1.165) is 23.0 Å². The van der Waals surface area contributed by atoms with E-state index >= 15 is 0 Å². The van der Waals surface area contributed by atoms with Gasteiger partial charge in [0.15, 0.2) is 0 Å². The van der Waals surface area contributed by atoms with Gasteiger partial charge in [-0.2, -0.15) is 0 Å². The smallest absolute Gasteiger partial charge is 0.0630 e. The number of nitrogens with one attached hydrogen (secondary N) is 1. The molecular weight excluding hydrogens is 288 g/mol. The highest BCUT2D eigenvalue weighted by molar-refractivity contribution is 9.12. The van der Waals surface area contributed by atoms with E-state index < -0.39 is 0 Å². The molecule has 0 heterocycles. The molecule has 0 spiro atoms. The predicted molar refractivity (Wildman–Crippen MR) is 81.2 cm³/mol. The summed E-state index contributed by atoms with van der Waals surface area (Å²) in [7, 11) is 0. The number of para-hydroxylation sites is 1. The minimum atomic E-state index is 0.918. The van der Waals surface area contributed by atoms with Crippen LogP contribution in [0.1, 0.15) is 12.8 Å². The number of hydrogen-bond acceptors (Lipinski definition) is 2. The lowest BCUT2D eigenvalue weighted by molar-refractivity contribution is 0.870. The van der Waals surface area contributed by atoms with Crippen molar-refractivity contribution in [3.63, 3.8) is 0 Å². The molecule has 92 valence electrons. The number of halogens is 1. The number of aliphatic imine (C=N–C) groups is 1. The van der Waals surface area contributed by atoms with Crippen LogP contribution in [0, 0.1) is 0 Å². The van der Waals surface area contributed by atoms with Crippen LogP contribution in [0.5, 0.6) is 0 Å². The first-order valence-corrected chi connectivity index (χ1v) is 6.71. The van der Waals surface area contributed by atoms with E-state index in [-0.39, 0.29) is 0 Å². The summed E-state index contributed by atoms with van der Waals surface area (Å²) in [5, 5.41) is 3.27. The Morgan fingerprint density at radius 2 is 2.11 bits per heavy atom. The van der Waals surface area contributed by atoms with Crippen molar-refractivity contribution in [1.29, 1.82) is 0 Å². The maximum Gasteiger partial charge on any atom is 0.0630 e. The Labute approximate surface area is 116 Å². The van der Waals surface area contributed by atoms with Crippen LogP contribution in [-0.4, -0.2) is 6.21 Å². The molecule has 0 bridgehead atoms. The normalized spacial score (nSPS) is 15.8. The molecule has 0 unspecified atom stereocenters. The topological polar surface area (TPSA) is 24.4 Å². The summed E-state index contributed by atoms with van der Waals surface area (Å²) in [4.78, 5) is 4.36. The van der Waals surface area contributed by atoms with Crippen LogP contribution < -0.4 is 5.32 Å². The summed E-state index contributed by atoms with van der Waals surface area (Å²) in [6.45, 7) is 0. The van der Waals surface area contributed by atoms with Crippen molar-refractivity contribution in [2.45, 2.75) is 12.8 Å². The molecule has 0 saturated heterocycles. The Hall–Kier alpha value is -1.61. The highest BCUT2D eigenvalue weighted by atomic mass is 79.9. The molecule has 18 heavy (non-hydrogen) atoms. The zero-order valence-electron chi connectivity index (χ0n) is 10.0. The van der Waals surface area contributed by atoms with Crippen LogP contribution in [0.2, 0.25) is 0 Å². The SMILES string of the molecule is Br/C(C=Nc1ccccc1)=C\NC1=CC=CCC1. The highest BCUT2D eigenvalue weighted by Gasteiger charge is 1.96. The zero-order chi connectivity index (χ0) is 12.6. The predicted octanol–water partition coefficient (Wildman–Crippen LogP) is 4.45. The van der Waals surface area contributed by atoms with Crippen LogP contribution >= 0.6 is 15.9 Å². The minimum Gasteiger partial charge on any atom is -0.364 e. The molecule has 1 aromatic rings. The summed E-state index contributed by atoms with van der Waals surface area (Å²) >= 11 is 3.47. The molecule has 3 heteroatoms. The Kier molecular flexibility index (Phi) is 4.97. The molecule has 0 atom stereocenters. The first-order chi connectivity index (χ1) is 8.84. The van der Waals surface area contributed by atoms with Crippen LogP contribution in [0.15, 0.2) is 69.9 Å². The van der Waals surface area contributed by atoms with E-state index in [1.807, 2.05) is 36.5 Å². The monoisotopic (exact) mass is 302 g/mol. The number of rotatable bonds is 4. The van der Waals surface area contributed by atoms with Crippen LogP contribution in [0.3, 0.4) is 0 Å². The second-order valence-corrected chi connectivity index (χ2v) is 4.84. The van der Waals surface area contributed by atoms with E-state index in [1.54, 1.807) is 6.21 Å². The standard InChI is InChI=1S/C15H15BrN2/c16-13(11-17-14-7-3-1-4-8-14)12-18-15-9-5-2-6-10-15/h1-5,7-9,11-12,18H,6,10H2/b13-12-,17-11?. The van der Waals surface area contributed by atoms with E-state index in [9.17, 15) is 0 Å². The first kappa shape index (κ1) is 12.8. The van der Waals surface area contributed by atoms with Crippen molar-refractivity contribution >= 4 is 27.8 Å². The molecule has 2 rings (SSSR count). The maximum absolute atomic E-state index is 4.36. The molecule has 0 saturated carbocycles. The molecule has 0 aliphatic heterocycles. The summed E-state index contributed by atoms with van der Waals surface area (Å²) < 4.78 is 0.918. The lowest BCUT2D eigenvalue weighted by Crippen LogP contribution is -2.06. The van der Waals surface area contributed by atoms with E-state index in [4.69, 9.17) is 0 Å². The fourth-order valence-corrected chi connectivity index (χ4v) is 1.79. The van der Waals surface area contributed by atoms with Gasteiger partial charge in [-0.15, -0.1) is 0 Å². The lowest BCUT2D eigenvalue weighted by Gasteiger charge is -2.08. The zero-order valence-corrected chi connectivity index (χ0v) is 11.6. The summed E-state index contributed by atoms with van der Waals surface area (Å²) in [6.07, 6.45) is 12.2. The number of hydrogen-bond donors (Lipinski definition) is 1. The van der Waals surface area contributed by atoms with E-state index in [2.05, 4.69) is 44.5 Å². The van der Waals surface area contributed by atoms with Crippen LogP contribution in [0.4, 0.5) is 5.69 Å². The third-order valence-electron chi connectivity index (χ3n) is 2.50. The van der Waals surface area contributed by atoms with Gasteiger partial charge in [-0.3, -0.25) is 4.99 Å². The molecule has 1 aliphatic rings. The largest absolute Gasteiger partial charge is 0.364 e. The molecule has 1 N–H and O–H groups in total.